The molecule has 31 heavy (non-hydrogen) atoms. The summed E-state index contributed by atoms with van der Waals surface area (Å²) < 4.78 is 24.1. The Morgan fingerprint density at radius 1 is 0.903 bits per heavy atom. The van der Waals surface area contributed by atoms with Crippen molar-refractivity contribution in [3.8, 4) is 5.75 Å². The van der Waals surface area contributed by atoms with Crippen molar-refractivity contribution in [2.75, 3.05) is 20.3 Å². The van der Waals surface area contributed by atoms with Gasteiger partial charge in [0, 0.05) is 19.2 Å². The number of carbonyl (C=O) groups is 2. The molecule has 0 spiro atoms. The van der Waals surface area contributed by atoms with Crippen LogP contribution in [0.25, 0.3) is 0 Å². The fraction of sp³-hybridized carbons (Fsp3) is 0.200. The van der Waals surface area contributed by atoms with E-state index in [0.717, 1.165) is 17.2 Å². The summed E-state index contributed by atoms with van der Waals surface area (Å²) in [5, 5.41) is 0. The van der Waals surface area contributed by atoms with Crippen LogP contribution in [0.15, 0.2) is 78.9 Å². The van der Waals surface area contributed by atoms with E-state index in [1.54, 1.807) is 4.90 Å². The molecule has 0 saturated heterocycles. The molecule has 3 aromatic rings. The Kier molecular flexibility index (Phi) is 7.76. The molecule has 3 aromatic carbocycles. The Morgan fingerprint density at radius 2 is 1.55 bits per heavy atom. The van der Waals surface area contributed by atoms with Crippen LogP contribution in [-0.2, 0) is 22.5 Å². The lowest BCUT2D eigenvalue weighted by Gasteiger charge is -2.23. The van der Waals surface area contributed by atoms with Gasteiger partial charge in [-0.3, -0.25) is 4.79 Å². The van der Waals surface area contributed by atoms with Crippen LogP contribution in [0.1, 0.15) is 21.5 Å². The molecule has 0 aliphatic carbocycles. The molecule has 1 amide bonds. The highest BCUT2D eigenvalue weighted by molar-refractivity contribution is 5.91. The molecule has 3 rings (SSSR count). The van der Waals surface area contributed by atoms with E-state index in [1.165, 1.54) is 19.2 Å². The third kappa shape index (κ3) is 6.40. The largest absolute Gasteiger partial charge is 0.497 e. The van der Waals surface area contributed by atoms with E-state index < -0.39 is 18.4 Å². The van der Waals surface area contributed by atoms with Crippen LogP contribution in [0.3, 0.4) is 0 Å². The second kappa shape index (κ2) is 10.9. The standard InChI is InChI=1S/C25H24FNO4/c1-30-21-12-13-22(23(26)16-21)25(29)31-18-24(28)27(17-20-10-6-3-7-11-20)15-14-19-8-4-2-5-9-19/h2-13,16H,14-15,17-18H2,1H3. The number of hydrogen-bond donors (Lipinski definition) is 0. The lowest BCUT2D eigenvalue weighted by atomic mass is 10.1. The second-order valence-corrected chi connectivity index (χ2v) is 6.96. The molecule has 0 aliphatic heterocycles. The molecule has 6 heteroatoms. The maximum Gasteiger partial charge on any atom is 0.341 e. The third-order valence-corrected chi connectivity index (χ3v) is 4.81. The number of ether oxygens (including phenoxy) is 2. The average Bonchev–Trinajstić information content (AvgIpc) is 2.81. The Bertz CT molecular complexity index is 1010. The number of rotatable bonds is 9. The summed E-state index contributed by atoms with van der Waals surface area (Å²) in [6.45, 7) is 0.388. The molecule has 0 aromatic heterocycles. The molecule has 0 N–H and O–H groups in total. The van der Waals surface area contributed by atoms with Crippen LogP contribution in [-0.4, -0.2) is 37.0 Å². The first-order valence-corrected chi connectivity index (χ1v) is 9.93. The highest BCUT2D eigenvalue weighted by Gasteiger charge is 2.19. The smallest absolute Gasteiger partial charge is 0.341 e. The minimum absolute atomic E-state index is 0.243. The van der Waals surface area contributed by atoms with Gasteiger partial charge in [0.2, 0.25) is 0 Å². The number of halogens is 1. The molecule has 0 fully saturated rings. The average molecular weight is 421 g/mol. The summed E-state index contributed by atoms with van der Waals surface area (Å²) in [7, 11) is 1.40. The summed E-state index contributed by atoms with van der Waals surface area (Å²) in [5.41, 5.74) is 1.83. The number of nitrogens with zero attached hydrogens (tertiary/aromatic N) is 1. The van der Waals surface area contributed by atoms with Crippen LogP contribution >= 0.6 is 0 Å². The molecular weight excluding hydrogens is 397 g/mol. The van der Waals surface area contributed by atoms with Gasteiger partial charge in [-0.05, 0) is 29.7 Å². The molecule has 0 bridgehead atoms. The fourth-order valence-electron chi connectivity index (χ4n) is 3.09. The maximum atomic E-state index is 14.1. The van der Waals surface area contributed by atoms with E-state index in [9.17, 15) is 14.0 Å². The summed E-state index contributed by atoms with van der Waals surface area (Å²) in [6.07, 6.45) is 0.667. The van der Waals surface area contributed by atoms with Crippen molar-refractivity contribution in [2.24, 2.45) is 0 Å². The zero-order valence-corrected chi connectivity index (χ0v) is 17.3. The summed E-state index contributed by atoms with van der Waals surface area (Å²) in [5.74, 6) is -1.71. The molecule has 0 heterocycles. The van der Waals surface area contributed by atoms with Gasteiger partial charge in [0.25, 0.3) is 5.91 Å². The van der Waals surface area contributed by atoms with E-state index >= 15 is 0 Å². The van der Waals surface area contributed by atoms with Crippen LogP contribution in [0, 0.1) is 5.82 Å². The Morgan fingerprint density at radius 3 is 2.16 bits per heavy atom. The first-order chi connectivity index (χ1) is 15.1. The summed E-state index contributed by atoms with van der Waals surface area (Å²) in [6, 6.07) is 23.2. The van der Waals surface area contributed by atoms with E-state index in [1.807, 2.05) is 60.7 Å². The predicted octanol–water partition coefficient (Wildman–Crippen LogP) is 4.26. The Balaban J connectivity index is 1.64. The first-order valence-electron chi connectivity index (χ1n) is 9.93. The quantitative estimate of drug-likeness (QED) is 0.485. The lowest BCUT2D eigenvalue weighted by molar-refractivity contribution is -0.135. The second-order valence-electron chi connectivity index (χ2n) is 6.96. The molecule has 0 saturated carbocycles. The van der Waals surface area contributed by atoms with Gasteiger partial charge < -0.3 is 14.4 Å². The minimum Gasteiger partial charge on any atom is -0.497 e. The van der Waals surface area contributed by atoms with Crippen LogP contribution in [0.5, 0.6) is 5.75 Å². The highest BCUT2D eigenvalue weighted by atomic mass is 19.1. The van der Waals surface area contributed by atoms with E-state index in [-0.39, 0.29) is 11.5 Å². The predicted molar refractivity (Wildman–Crippen MR) is 115 cm³/mol. The monoisotopic (exact) mass is 421 g/mol. The van der Waals surface area contributed by atoms with Gasteiger partial charge >= 0.3 is 5.97 Å². The molecular formula is C25H24FNO4. The van der Waals surface area contributed by atoms with Gasteiger partial charge in [0.15, 0.2) is 6.61 Å². The number of esters is 1. The van der Waals surface area contributed by atoms with Crippen molar-refractivity contribution in [3.63, 3.8) is 0 Å². The lowest BCUT2D eigenvalue weighted by Crippen LogP contribution is -2.36. The van der Waals surface area contributed by atoms with Gasteiger partial charge in [-0.25, -0.2) is 9.18 Å². The third-order valence-electron chi connectivity index (χ3n) is 4.81. The number of hydrogen-bond acceptors (Lipinski definition) is 4. The SMILES string of the molecule is COc1ccc(C(=O)OCC(=O)N(CCc2ccccc2)Cc2ccccc2)c(F)c1. The molecule has 0 atom stereocenters. The summed E-state index contributed by atoms with van der Waals surface area (Å²) in [4.78, 5) is 26.7. The minimum atomic E-state index is -0.892. The van der Waals surface area contributed by atoms with Gasteiger partial charge in [-0.2, -0.15) is 0 Å². The molecule has 0 radical (unpaired) electrons. The van der Waals surface area contributed by atoms with Crippen molar-refractivity contribution in [1.29, 1.82) is 0 Å². The van der Waals surface area contributed by atoms with Crippen molar-refractivity contribution in [2.45, 2.75) is 13.0 Å². The van der Waals surface area contributed by atoms with Crippen LogP contribution in [0.2, 0.25) is 0 Å². The van der Waals surface area contributed by atoms with E-state index in [4.69, 9.17) is 9.47 Å². The normalized spacial score (nSPS) is 10.4. The fourth-order valence-corrected chi connectivity index (χ4v) is 3.09. The van der Waals surface area contributed by atoms with Gasteiger partial charge in [-0.15, -0.1) is 0 Å². The maximum absolute atomic E-state index is 14.1. The van der Waals surface area contributed by atoms with Crippen molar-refractivity contribution < 1.29 is 23.5 Å². The van der Waals surface area contributed by atoms with Crippen molar-refractivity contribution in [3.05, 3.63) is 101 Å². The number of amides is 1. The zero-order chi connectivity index (χ0) is 22.1. The Labute approximate surface area is 181 Å². The highest BCUT2D eigenvalue weighted by Crippen LogP contribution is 2.17. The van der Waals surface area contributed by atoms with E-state index in [0.29, 0.717) is 25.3 Å². The van der Waals surface area contributed by atoms with E-state index in [2.05, 4.69) is 0 Å². The van der Waals surface area contributed by atoms with Crippen molar-refractivity contribution >= 4 is 11.9 Å². The Hall–Kier alpha value is -3.67. The topological polar surface area (TPSA) is 55.8 Å². The van der Waals surface area contributed by atoms with Crippen molar-refractivity contribution in [1.82, 2.24) is 4.90 Å². The van der Waals surface area contributed by atoms with Crippen LogP contribution < -0.4 is 4.74 Å². The van der Waals surface area contributed by atoms with Gasteiger partial charge in [0.05, 0.1) is 12.7 Å². The summed E-state index contributed by atoms with van der Waals surface area (Å²) >= 11 is 0. The molecule has 0 aliphatic rings. The van der Waals surface area contributed by atoms with Gasteiger partial charge in [-0.1, -0.05) is 60.7 Å². The molecule has 5 nitrogen and oxygen atoms in total. The molecule has 160 valence electrons. The number of carbonyl (C=O) groups excluding carboxylic acids is 2. The number of methoxy groups -OCH3 is 1. The van der Waals surface area contributed by atoms with Gasteiger partial charge in [0.1, 0.15) is 11.6 Å². The molecule has 0 unspecified atom stereocenters. The first kappa shape index (κ1) is 22.0. The zero-order valence-electron chi connectivity index (χ0n) is 17.3. The number of benzene rings is 3. The van der Waals surface area contributed by atoms with Crippen LogP contribution in [0.4, 0.5) is 4.39 Å².